The van der Waals surface area contributed by atoms with Crippen LogP contribution in [-0.4, -0.2) is 23.5 Å². The maximum Gasteiger partial charge on any atom is 0.229 e. The second kappa shape index (κ2) is 7.27. The third-order valence-corrected chi connectivity index (χ3v) is 5.79. The summed E-state index contributed by atoms with van der Waals surface area (Å²) in [6.07, 6.45) is 0.263. The van der Waals surface area contributed by atoms with E-state index in [0.29, 0.717) is 23.2 Å². The lowest BCUT2D eigenvalue weighted by Gasteiger charge is -2.41. The summed E-state index contributed by atoms with van der Waals surface area (Å²) >= 11 is 7.29. The molecule has 1 fully saturated rings. The average Bonchev–Trinajstić information content (AvgIpc) is 2.90. The second-order valence-corrected chi connectivity index (χ2v) is 8.67. The van der Waals surface area contributed by atoms with Gasteiger partial charge in [0.05, 0.1) is 30.4 Å². The molecule has 0 spiro atoms. The Labute approximate surface area is 162 Å². The molecule has 1 N–H and O–H groups in total. The molecule has 7 heteroatoms. The Hall–Kier alpha value is -1.47. The molecular weight excluding hydrogens is 372 g/mol. The lowest BCUT2D eigenvalue weighted by atomic mass is 9.93. The molecule has 0 aliphatic carbocycles. The van der Waals surface area contributed by atoms with Crippen molar-refractivity contribution >= 4 is 34.0 Å². The molecule has 1 aromatic heterocycles. The first-order chi connectivity index (χ1) is 12.2. The van der Waals surface area contributed by atoms with Crippen LogP contribution < -0.4 is 5.32 Å². The van der Waals surface area contributed by atoms with Crippen molar-refractivity contribution in [2.24, 2.45) is 5.41 Å². The molecule has 26 heavy (non-hydrogen) atoms. The van der Waals surface area contributed by atoms with Crippen LogP contribution in [0.4, 0.5) is 5.00 Å². The van der Waals surface area contributed by atoms with Crippen LogP contribution >= 0.6 is 23.1 Å². The van der Waals surface area contributed by atoms with Crippen LogP contribution in [0.5, 0.6) is 0 Å². The van der Waals surface area contributed by atoms with Gasteiger partial charge in [0.1, 0.15) is 5.00 Å². The van der Waals surface area contributed by atoms with Crippen LogP contribution in [0.1, 0.15) is 37.6 Å². The molecule has 0 saturated carbocycles. The molecule has 1 aliphatic rings. The number of rotatable bonds is 4. The smallest absolute Gasteiger partial charge is 0.229 e. The van der Waals surface area contributed by atoms with Gasteiger partial charge in [-0.25, -0.2) is 0 Å². The zero-order chi connectivity index (χ0) is 18.9. The number of hydrogen-bond donors (Lipinski definition) is 1. The third-order valence-electron chi connectivity index (χ3n) is 4.36. The highest BCUT2D eigenvalue weighted by molar-refractivity contribution is 7.11. The van der Waals surface area contributed by atoms with E-state index in [1.165, 1.54) is 11.5 Å². The summed E-state index contributed by atoms with van der Waals surface area (Å²) in [5.41, 5.74) is 2.59. The van der Waals surface area contributed by atoms with Crippen LogP contribution in [0.25, 0.3) is 0 Å². The van der Waals surface area contributed by atoms with Crippen molar-refractivity contribution in [1.82, 2.24) is 4.37 Å². The maximum absolute atomic E-state index is 12.2. The number of hydrogen-bond acceptors (Lipinski definition) is 5. The SMILES string of the molecule is Cc1nsc(NC(=O)Cc2ccc(C3(C)OCC(C)(C)CO3)cc2)c1Cl. The summed E-state index contributed by atoms with van der Waals surface area (Å²) in [6, 6.07) is 7.74. The van der Waals surface area contributed by atoms with Crippen molar-refractivity contribution in [2.45, 2.75) is 39.9 Å². The van der Waals surface area contributed by atoms with Gasteiger partial charge in [-0.15, -0.1) is 0 Å². The lowest BCUT2D eigenvalue weighted by Crippen LogP contribution is -2.43. The Morgan fingerprint density at radius 1 is 1.23 bits per heavy atom. The Balaban J connectivity index is 1.62. The molecule has 140 valence electrons. The van der Waals surface area contributed by atoms with E-state index in [9.17, 15) is 4.79 Å². The van der Waals surface area contributed by atoms with E-state index in [1.54, 1.807) is 0 Å². The van der Waals surface area contributed by atoms with Crippen molar-refractivity contribution in [3.05, 3.63) is 46.1 Å². The number of aromatic nitrogens is 1. The van der Waals surface area contributed by atoms with Crippen LogP contribution in [0.15, 0.2) is 24.3 Å². The highest BCUT2D eigenvalue weighted by Crippen LogP contribution is 2.36. The second-order valence-electron chi connectivity index (χ2n) is 7.52. The van der Waals surface area contributed by atoms with Gasteiger partial charge in [0.2, 0.25) is 5.91 Å². The fourth-order valence-corrected chi connectivity index (χ4v) is 3.58. The molecule has 0 unspecified atom stereocenters. The Morgan fingerprint density at radius 2 is 1.85 bits per heavy atom. The topological polar surface area (TPSA) is 60.5 Å². The first-order valence-corrected chi connectivity index (χ1v) is 9.63. The van der Waals surface area contributed by atoms with Gasteiger partial charge >= 0.3 is 0 Å². The summed E-state index contributed by atoms with van der Waals surface area (Å²) in [7, 11) is 0. The van der Waals surface area contributed by atoms with E-state index in [4.69, 9.17) is 21.1 Å². The third kappa shape index (κ3) is 4.26. The van der Waals surface area contributed by atoms with Gasteiger partial charge in [0, 0.05) is 11.0 Å². The summed E-state index contributed by atoms with van der Waals surface area (Å²) in [4.78, 5) is 12.2. The minimum atomic E-state index is -0.746. The molecule has 2 aromatic rings. The summed E-state index contributed by atoms with van der Waals surface area (Å²) in [5.74, 6) is -0.870. The molecule has 3 rings (SSSR count). The van der Waals surface area contributed by atoms with Crippen LogP contribution in [-0.2, 0) is 26.5 Å². The highest BCUT2D eigenvalue weighted by Gasteiger charge is 2.38. The number of carbonyl (C=O) groups excluding carboxylic acids is 1. The summed E-state index contributed by atoms with van der Waals surface area (Å²) < 4.78 is 16.0. The number of carbonyl (C=O) groups is 1. The normalized spacial score (nSPS) is 18.5. The highest BCUT2D eigenvalue weighted by atomic mass is 35.5. The lowest BCUT2D eigenvalue weighted by molar-refractivity contribution is -0.298. The fourth-order valence-electron chi connectivity index (χ4n) is 2.63. The van der Waals surface area contributed by atoms with Crippen molar-refractivity contribution < 1.29 is 14.3 Å². The molecule has 1 aliphatic heterocycles. The van der Waals surface area contributed by atoms with Gasteiger partial charge < -0.3 is 14.8 Å². The number of amides is 1. The van der Waals surface area contributed by atoms with Crippen LogP contribution in [0.2, 0.25) is 5.02 Å². The Morgan fingerprint density at radius 3 is 2.38 bits per heavy atom. The van der Waals surface area contributed by atoms with E-state index >= 15 is 0 Å². The van der Waals surface area contributed by atoms with Gasteiger partial charge in [-0.05, 0) is 30.9 Å². The largest absolute Gasteiger partial charge is 0.345 e. The van der Waals surface area contributed by atoms with E-state index in [1.807, 2.05) is 38.1 Å². The molecule has 0 atom stereocenters. The first kappa shape index (κ1) is 19.3. The first-order valence-electron chi connectivity index (χ1n) is 8.47. The van der Waals surface area contributed by atoms with Crippen LogP contribution in [0, 0.1) is 12.3 Å². The van der Waals surface area contributed by atoms with Gasteiger partial charge in [-0.3, -0.25) is 4.79 Å². The summed E-state index contributed by atoms with van der Waals surface area (Å²) in [6.45, 7) is 9.25. The monoisotopic (exact) mass is 394 g/mol. The maximum atomic E-state index is 12.2. The zero-order valence-electron chi connectivity index (χ0n) is 15.4. The summed E-state index contributed by atoms with van der Waals surface area (Å²) in [5, 5.41) is 3.90. The quantitative estimate of drug-likeness (QED) is 0.827. The molecule has 1 amide bonds. The van der Waals surface area contributed by atoms with Crippen molar-refractivity contribution in [3.63, 3.8) is 0 Å². The molecule has 2 heterocycles. The molecule has 5 nitrogen and oxygen atoms in total. The van der Waals surface area contributed by atoms with E-state index in [-0.39, 0.29) is 17.7 Å². The van der Waals surface area contributed by atoms with Crippen molar-refractivity contribution in [3.8, 4) is 0 Å². The predicted molar refractivity (Wildman–Crippen MR) is 104 cm³/mol. The number of nitrogens with one attached hydrogen (secondary N) is 1. The van der Waals surface area contributed by atoms with E-state index in [2.05, 4.69) is 23.5 Å². The number of aryl methyl sites for hydroxylation is 1. The minimum absolute atomic E-state index is 0.0216. The molecular formula is C19H23ClN2O3S. The Kier molecular flexibility index (Phi) is 5.40. The zero-order valence-corrected chi connectivity index (χ0v) is 17.0. The molecule has 1 aromatic carbocycles. The van der Waals surface area contributed by atoms with Crippen molar-refractivity contribution in [1.29, 1.82) is 0 Å². The van der Waals surface area contributed by atoms with Gasteiger partial charge in [0.25, 0.3) is 0 Å². The molecule has 0 radical (unpaired) electrons. The van der Waals surface area contributed by atoms with Gasteiger partial charge in [-0.1, -0.05) is 49.7 Å². The number of ether oxygens (including phenoxy) is 2. The van der Waals surface area contributed by atoms with Gasteiger partial charge in [-0.2, -0.15) is 4.37 Å². The number of anilines is 1. The molecule has 0 bridgehead atoms. The Bertz CT molecular complexity index is 792. The minimum Gasteiger partial charge on any atom is -0.345 e. The number of benzene rings is 1. The van der Waals surface area contributed by atoms with Crippen molar-refractivity contribution in [2.75, 3.05) is 18.5 Å². The van der Waals surface area contributed by atoms with Gasteiger partial charge in [0.15, 0.2) is 5.79 Å². The van der Waals surface area contributed by atoms with E-state index < -0.39 is 5.79 Å². The van der Waals surface area contributed by atoms with Crippen LogP contribution in [0.3, 0.4) is 0 Å². The fraction of sp³-hybridized carbons (Fsp3) is 0.474. The molecule has 1 saturated heterocycles. The average molecular weight is 395 g/mol. The number of nitrogens with zero attached hydrogens (tertiary/aromatic N) is 1. The standard InChI is InChI=1S/C19H23ClN2O3S/c1-12-16(20)17(26-22-12)21-15(23)9-13-5-7-14(8-6-13)19(4)24-10-18(2,3)11-25-19/h5-8H,9-11H2,1-4H3,(H,21,23). The van der Waals surface area contributed by atoms with E-state index in [0.717, 1.165) is 16.8 Å². The predicted octanol–water partition coefficient (Wildman–Crippen LogP) is 4.53. The number of halogens is 1.